The van der Waals surface area contributed by atoms with Crippen LogP contribution in [0.2, 0.25) is 5.02 Å². The maximum absolute atomic E-state index is 7.07. The van der Waals surface area contributed by atoms with Crippen LogP contribution in [0.25, 0.3) is 0 Å². The first kappa shape index (κ1) is 12.4. The zero-order valence-electron chi connectivity index (χ0n) is 8.50. The van der Waals surface area contributed by atoms with Gasteiger partial charge >= 0.3 is 0 Å². The van der Waals surface area contributed by atoms with E-state index in [0.717, 1.165) is 23.6 Å². The molecule has 0 unspecified atom stereocenters. The summed E-state index contributed by atoms with van der Waals surface area (Å²) in [4.78, 5) is 1.24. The van der Waals surface area contributed by atoms with E-state index in [2.05, 4.69) is 0 Å². The monoisotopic (exact) mass is 242 g/mol. The average Bonchev–Trinajstić information content (AvgIpc) is 2.20. The average molecular weight is 243 g/mol. The summed E-state index contributed by atoms with van der Waals surface area (Å²) in [6.45, 7) is 0. The standard InChI is InChI=1S/C11H15ClN2S/c12-9-4-6-10(7-5-9)15-8-2-1-3-11(13)14/h4-7H,1-3,8H2,(H3,13,14). The first-order chi connectivity index (χ1) is 7.18. The fourth-order valence-corrected chi connectivity index (χ4v) is 2.18. The molecule has 0 bridgehead atoms. The zero-order chi connectivity index (χ0) is 11.1. The van der Waals surface area contributed by atoms with Gasteiger partial charge in [-0.05, 0) is 42.9 Å². The Bertz CT molecular complexity index is 311. The first-order valence-electron chi connectivity index (χ1n) is 4.90. The predicted octanol–water partition coefficient (Wildman–Crippen LogP) is 3.54. The number of nitrogens with two attached hydrogens (primary N) is 1. The SMILES string of the molecule is N=C(N)CCCCSc1ccc(Cl)cc1. The Morgan fingerprint density at radius 2 is 1.93 bits per heavy atom. The van der Waals surface area contributed by atoms with E-state index in [1.807, 2.05) is 36.0 Å². The van der Waals surface area contributed by atoms with Gasteiger partial charge in [-0.15, -0.1) is 11.8 Å². The molecular formula is C11H15ClN2S. The number of amidine groups is 1. The number of nitrogens with one attached hydrogen (secondary N) is 1. The molecule has 0 saturated carbocycles. The van der Waals surface area contributed by atoms with Crippen LogP contribution in [0.15, 0.2) is 29.2 Å². The molecule has 0 aliphatic rings. The van der Waals surface area contributed by atoms with Crippen molar-refractivity contribution in [2.24, 2.45) is 5.73 Å². The van der Waals surface area contributed by atoms with Gasteiger partial charge in [0.1, 0.15) is 0 Å². The molecule has 1 rings (SSSR count). The Kier molecular flexibility index (Phi) is 5.58. The maximum Gasteiger partial charge on any atom is 0.0905 e. The summed E-state index contributed by atoms with van der Waals surface area (Å²) >= 11 is 7.59. The molecule has 0 aliphatic carbocycles. The van der Waals surface area contributed by atoms with E-state index in [-0.39, 0.29) is 5.84 Å². The lowest BCUT2D eigenvalue weighted by molar-refractivity contribution is 0.837. The maximum atomic E-state index is 7.07. The molecule has 15 heavy (non-hydrogen) atoms. The minimum absolute atomic E-state index is 0.284. The fourth-order valence-electron chi connectivity index (χ4n) is 1.14. The number of rotatable bonds is 6. The van der Waals surface area contributed by atoms with Gasteiger partial charge in [-0.25, -0.2) is 0 Å². The van der Waals surface area contributed by atoms with E-state index < -0.39 is 0 Å². The Morgan fingerprint density at radius 3 is 2.53 bits per heavy atom. The highest BCUT2D eigenvalue weighted by Crippen LogP contribution is 2.21. The predicted molar refractivity (Wildman–Crippen MR) is 67.9 cm³/mol. The van der Waals surface area contributed by atoms with Crippen molar-refractivity contribution in [1.29, 1.82) is 5.41 Å². The quantitative estimate of drug-likeness (QED) is 0.347. The summed E-state index contributed by atoms with van der Waals surface area (Å²) in [5.74, 6) is 1.35. The summed E-state index contributed by atoms with van der Waals surface area (Å²) in [6, 6.07) is 7.86. The second-order valence-corrected chi connectivity index (χ2v) is 4.89. The van der Waals surface area contributed by atoms with Crippen molar-refractivity contribution in [1.82, 2.24) is 0 Å². The van der Waals surface area contributed by atoms with E-state index in [9.17, 15) is 0 Å². The highest BCUT2D eigenvalue weighted by atomic mass is 35.5. The van der Waals surface area contributed by atoms with Crippen LogP contribution < -0.4 is 5.73 Å². The van der Waals surface area contributed by atoms with Crippen LogP contribution in [0.1, 0.15) is 19.3 Å². The van der Waals surface area contributed by atoms with E-state index in [0.29, 0.717) is 6.42 Å². The molecular weight excluding hydrogens is 228 g/mol. The largest absolute Gasteiger partial charge is 0.388 e. The third-order valence-electron chi connectivity index (χ3n) is 1.92. The zero-order valence-corrected chi connectivity index (χ0v) is 10.1. The minimum Gasteiger partial charge on any atom is -0.388 e. The van der Waals surface area contributed by atoms with Crippen LogP contribution in [0.5, 0.6) is 0 Å². The van der Waals surface area contributed by atoms with Crippen molar-refractivity contribution in [3.05, 3.63) is 29.3 Å². The van der Waals surface area contributed by atoms with Crippen LogP contribution in [-0.4, -0.2) is 11.6 Å². The smallest absolute Gasteiger partial charge is 0.0905 e. The third-order valence-corrected chi connectivity index (χ3v) is 3.27. The Morgan fingerprint density at radius 1 is 1.27 bits per heavy atom. The van der Waals surface area contributed by atoms with E-state index in [4.69, 9.17) is 22.7 Å². The number of unbranched alkanes of at least 4 members (excludes halogenated alkanes) is 1. The van der Waals surface area contributed by atoms with Crippen LogP contribution >= 0.6 is 23.4 Å². The molecule has 2 nitrogen and oxygen atoms in total. The molecule has 4 heteroatoms. The molecule has 1 aromatic carbocycles. The molecule has 0 fully saturated rings. The normalized spacial score (nSPS) is 10.2. The van der Waals surface area contributed by atoms with Gasteiger partial charge in [0.2, 0.25) is 0 Å². The van der Waals surface area contributed by atoms with Crippen molar-refractivity contribution in [2.45, 2.75) is 24.2 Å². The van der Waals surface area contributed by atoms with Gasteiger partial charge in [0.25, 0.3) is 0 Å². The highest BCUT2D eigenvalue weighted by molar-refractivity contribution is 7.99. The number of hydrogen-bond donors (Lipinski definition) is 2. The van der Waals surface area contributed by atoms with Gasteiger partial charge in [-0.3, -0.25) is 5.41 Å². The van der Waals surface area contributed by atoms with Crippen LogP contribution in [-0.2, 0) is 0 Å². The molecule has 0 heterocycles. The fraction of sp³-hybridized carbons (Fsp3) is 0.364. The summed E-state index contributed by atoms with van der Waals surface area (Å²) < 4.78 is 0. The second-order valence-electron chi connectivity index (χ2n) is 3.28. The van der Waals surface area contributed by atoms with Crippen LogP contribution in [0, 0.1) is 5.41 Å². The van der Waals surface area contributed by atoms with Crippen molar-refractivity contribution in [3.8, 4) is 0 Å². The lowest BCUT2D eigenvalue weighted by atomic mass is 10.2. The molecule has 82 valence electrons. The van der Waals surface area contributed by atoms with Gasteiger partial charge in [0, 0.05) is 16.3 Å². The number of hydrogen-bond acceptors (Lipinski definition) is 2. The number of halogens is 1. The minimum atomic E-state index is 0.284. The Balaban J connectivity index is 2.15. The first-order valence-corrected chi connectivity index (χ1v) is 6.26. The molecule has 0 radical (unpaired) electrons. The molecule has 0 atom stereocenters. The van der Waals surface area contributed by atoms with Crippen molar-refractivity contribution in [3.63, 3.8) is 0 Å². The summed E-state index contributed by atoms with van der Waals surface area (Å²) in [5.41, 5.74) is 5.26. The van der Waals surface area contributed by atoms with Crippen molar-refractivity contribution in [2.75, 3.05) is 5.75 Å². The molecule has 1 aromatic rings. The lowest BCUT2D eigenvalue weighted by Crippen LogP contribution is -2.08. The van der Waals surface area contributed by atoms with E-state index in [1.54, 1.807) is 0 Å². The molecule has 0 aromatic heterocycles. The number of benzene rings is 1. The Hall–Kier alpha value is -0.670. The van der Waals surface area contributed by atoms with Gasteiger partial charge in [0.05, 0.1) is 5.84 Å². The second kappa shape index (κ2) is 6.75. The molecule has 0 spiro atoms. The Labute approximate surface area is 99.7 Å². The van der Waals surface area contributed by atoms with Gasteiger partial charge in [-0.1, -0.05) is 11.6 Å². The van der Waals surface area contributed by atoms with Crippen LogP contribution in [0.4, 0.5) is 0 Å². The molecule has 0 amide bonds. The summed E-state index contributed by atoms with van der Waals surface area (Å²) in [5, 5.41) is 7.85. The third kappa shape index (κ3) is 5.70. The van der Waals surface area contributed by atoms with Gasteiger partial charge < -0.3 is 5.73 Å². The van der Waals surface area contributed by atoms with Gasteiger partial charge in [0.15, 0.2) is 0 Å². The summed E-state index contributed by atoms with van der Waals surface area (Å²) in [6.07, 6.45) is 2.80. The van der Waals surface area contributed by atoms with Crippen molar-refractivity contribution >= 4 is 29.2 Å². The van der Waals surface area contributed by atoms with Crippen LogP contribution in [0.3, 0.4) is 0 Å². The highest BCUT2D eigenvalue weighted by Gasteiger charge is 1.95. The molecule has 3 N–H and O–H groups in total. The number of thioether (sulfide) groups is 1. The van der Waals surface area contributed by atoms with Crippen molar-refractivity contribution < 1.29 is 0 Å². The van der Waals surface area contributed by atoms with Gasteiger partial charge in [-0.2, -0.15) is 0 Å². The molecule has 0 saturated heterocycles. The lowest BCUT2D eigenvalue weighted by Gasteiger charge is -2.01. The van der Waals surface area contributed by atoms with E-state index >= 15 is 0 Å². The van der Waals surface area contributed by atoms with E-state index in [1.165, 1.54) is 4.90 Å². The summed E-state index contributed by atoms with van der Waals surface area (Å²) in [7, 11) is 0. The molecule has 0 aliphatic heterocycles. The topological polar surface area (TPSA) is 49.9 Å².